The van der Waals surface area contributed by atoms with Crippen LogP contribution in [0.4, 0.5) is 0 Å². The van der Waals surface area contributed by atoms with E-state index in [0.717, 1.165) is 23.4 Å². The van der Waals surface area contributed by atoms with Crippen molar-refractivity contribution in [1.29, 1.82) is 0 Å². The molecule has 1 aromatic carbocycles. The summed E-state index contributed by atoms with van der Waals surface area (Å²) in [5.74, 6) is 1.20. The number of hydrogen-bond donors (Lipinski definition) is 1. The van der Waals surface area contributed by atoms with Crippen LogP contribution in [-0.4, -0.2) is 11.5 Å². The zero-order valence-electron chi connectivity index (χ0n) is 8.23. The van der Waals surface area contributed by atoms with Gasteiger partial charge in [0, 0.05) is 6.42 Å². The Kier molecular flexibility index (Phi) is 2.50. The van der Waals surface area contributed by atoms with Crippen LogP contribution in [0.5, 0.6) is 0 Å². The summed E-state index contributed by atoms with van der Waals surface area (Å²) < 4.78 is 5.57. The molecule has 0 saturated carbocycles. The van der Waals surface area contributed by atoms with Crippen LogP contribution in [0.3, 0.4) is 0 Å². The van der Waals surface area contributed by atoms with Crippen LogP contribution in [0.25, 0.3) is 11.1 Å². The maximum atomic E-state index is 5.57. The van der Waals surface area contributed by atoms with Crippen LogP contribution < -0.4 is 5.73 Å². The van der Waals surface area contributed by atoms with Gasteiger partial charge in [-0.05, 0) is 24.6 Å². The molecule has 3 heteroatoms. The molecule has 74 valence electrons. The highest BCUT2D eigenvalue weighted by atomic mass is 16.3. The zero-order valence-corrected chi connectivity index (χ0v) is 8.23. The van der Waals surface area contributed by atoms with E-state index in [0.29, 0.717) is 12.5 Å². The van der Waals surface area contributed by atoms with Crippen molar-refractivity contribution in [2.24, 2.45) is 11.7 Å². The minimum atomic E-state index is 0.420. The quantitative estimate of drug-likeness (QED) is 0.805. The van der Waals surface area contributed by atoms with Gasteiger partial charge in [0.25, 0.3) is 0 Å². The Labute approximate surface area is 82.9 Å². The topological polar surface area (TPSA) is 52.0 Å². The number of nitrogens with two attached hydrogens (primary N) is 1. The fraction of sp³-hybridized carbons (Fsp3) is 0.364. The number of nitrogens with zero attached hydrogens (tertiary/aromatic N) is 1. The van der Waals surface area contributed by atoms with Gasteiger partial charge in [0.1, 0.15) is 5.52 Å². The number of fused-ring (bicyclic) bond motifs is 1. The SMILES string of the molecule is CC(CN)Cc1nc2ccccc2o1. The first-order valence-corrected chi connectivity index (χ1v) is 4.84. The molecule has 0 aliphatic heterocycles. The molecule has 0 radical (unpaired) electrons. The van der Waals surface area contributed by atoms with Crippen LogP contribution in [-0.2, 0) is 6.42 Å². The summed E-state index contributed by atoms with van der Waals surface area (Å²) >= 11 is 0. The summed E-state index contributed by atoms with van der Waals surface area (Å²) in [6.07, 6.45) is 0.811. The molecule has 0 bridgehead atoms. The molecule has 2 N–H and O–H groups in total. The predicted octanol–water partition coefficient (Wildman–Crippen LogP) is 1.97. The van der Waals surface area contributed by atoms with Gasteiger partial charge in [0.2, 0.25) is 0 Å². The van der Waals surface area contributed by atoms with Gasteiger partial charge in [-0.2, -0.15) is 0 Å². The third kappa shape index (κ3) is 1.77. The molecule has 14 heavy (non-hydrogen) atoms. The average Bonchev–Trinajstić information content (AvgIpc) is 2.59. The van der Waals surface area contributed by atoms with E-state index in [-0.39, 0.29) is 0 Å². The summed E-state index contributed by atoms with van der Waals surface area (Å²) in [6.45, 7) is 2.76. The van der Waals surface area contributed by atoms with Gasteiger partial charge in [-0.25, -0.2) is 4.98 Å². The summed E-state index contributed by atoms with van der Waals surface area (Å²) in [7, 11) is 0. The van der Waals surface area contributed by atoms with Gasteiger partial charge >= 0.3 is 0 Å². The minimum Gasteiger partial charge on any atom is -0.441 e. The molecule has 0 saturated heterocycles. The Bertz CT molecular complexity index is 389. The van der Waals surface area contributed by atoms with Crippen molar-refractivity contribution in [3.8, 4) is 0 Å². The fourth-order valence-corrected chi connectivity index (χ4v) is 1.39. The van der Waals surface area contributed by atoms with Crippen molar-refractivity contribution in [2.45, 2.75) is 13.3 Å². The number of hydrogen-bond acceptors (Lipinski definition) is 3. The largest absolute Gasteiger partial charge is 0.441 e. The third-order valence-electron chi connectivity index (χ3n) is 2.26. The fourth-order valence-electron chi connectivity index (χ4n) is 1.39. The highest BCUT2D eigenvalue weighted by Crippen LogP contribution is 2.16. The Morgan fingerprint density at radius 1 is 1.43 bits per heavy atom. The van der Waals surface area contributed by atoms with Gasteiger partial charge in [-0.15, -0.1) is 0 Å². The maximum Gasteiger partial charge on any atom is 0.195 e. The third-order valence-corrected chi connectivity index (χ3v) is 2.26. The van der Waals surface area contributed by atoms with E-state index in [9.17, 15) is 0 Å². The van der Waals surface area contributed by atoms with E-state index < -0.39 is 0 Å². The van der Waals surface area contributed by atoms with E-state index >= 15 is 0 Å². The summed E-state index contributed by atoms with van der Waals surface area (Å²) in [5, 5.41) is 0. The molecule has 2 aromatic rings. The van der Waals surface area contributed by atoms with Crippen molar-refractivity contribution < 1.29 is 4.42 Å². The van der Waals surface area contributed by atoms with Gasteiger partial charge in [0.15, 0.2) is 11.5 Å². The van der Waals surface area contributed by atoms with E-state index in [2.05, 4.69) is 11.9 Å². The normalized spacial score (nSPS) is 13.3. The van der Waals surface area contributed by atoms with E-state index in [1.807, 2.05) is 24.3 Å². The van der Waals surface area contributed by atoms with Crippen molar-refractivity contribution >= 4 is 11.1 Å². The van der Waals surface area contributed by atoms with Gasteiger partial charge in [-0.1, -0.05) is 19.1 Å². The standard InChI is InChI=1S/C11H14N2O/c1-8(7-12)6-11-13-9-4-2-3-5-10(9)14-11/h2-5,8H,6-7,12H2,1H3. The predicted molar refractivity (Wildman–Crippen MR) is 55.9 cm³/mol. The van der Waals surface area contributed by atoms with Gasteiger partial charge in [-0.3, -0.25) is 0 Å². The Hall–Kier alpha value is -1.35. The summed E-state index contributed by atoms with van der Waals surface area (Å²) in [5.41, 5.74) is 7.32. The molecule has 1 atom stereocenters. The second kappa shape index (κ2) is 3.80. The molecule has 0 amide bonds. The molecular formula is C11H14N2O. The average molecular weight is 190 g/mol. The molecule has 0 fully saturated rings. The molecule has 3 nitrogen and oxygen atoms in total. The molecule has 1 unspecified atom stereocenters. The molecule has 1 heterocycles. The monoisotopic (exact) mass is 190 g/mol. The zero-order chi connectivity index (χ0) is 9.97. The Balaban J connectivity index is 2.27. The summed E-state index contributed by atoms with van der Waals surface area (Å²) in [4.78, 5) is 4.38. The van der Waals surface area contributed by atoms with Crippen LogP contribution >= 0.6 is 0 Å². The number of oxazole rings is 1. The highest BCUT2D eigenvalue weighted by Gasteiger charge is 2.08. The first-order valence-electron chi connectivity index (χ1n) is 4.84. The number of benzene rings is 1. The molecule has 0 aliphatic carbocycles. The molecule has 2 rings (SSSR count). The Morgan fingerprint density at radius 3 is 2.93 bits per heavy atom. The van der Waals surface area contributed by atoms with Crippen LogP contribution in [0.2, 0.25) is 0 Å². The lowest BCUT2D eigenvalue weighted by molar-refractivity contribution is 0.468. The lowest BCUT2D eigenvalue weighted by Gasteiger charge is -2.02. The smallest absolute Gasteiger partial charge is 0.195 e. The Morgan fingerprint density at radius 2 is 2.21 bits per heavy atom. The number of rotatable bonds is 3. The first-order chi connectivity index (χ1) is 6.79. The second-order valence-electron chi connectivity index (χ2n) is 3.62. The number of para-hydroxylation sites is 2. The lowest BCUT2D eigenvalue weighted by atomic mass is 10.1. The molecule has 0 spiro atoms. The van der Waals surface area contributed by atoms with Gasteiger partial charge in [0.05, 0.1) is 0 Å². The van der Waals surface area contributed by atoms with E-state index in [1.165, 1.54) is 0 Å². The van der Waals surface area contributed by atoms with E-state index in [1.54, 1.807) is 0 Å². The maximum absolute atomic E-state index is 5.57. The molecular weight excluding hydrogens is 176 g/mol. The van der Waals surface area contributed by atoms with Crippen molar-refractivity contribution in [1.82, 2.24) is 4.98 Å². The minimum absolute atomic E-state index is 0.420. The van der Waals surface area contributed by atoms with Crippen molar-refractivity contribution in [2.75, 3.05) is 6.54 Å². The first kappa shape index (κ1) is 9.21. The second-order valence-corrected chi connectivity index (χ2v) is 3.62. The number of aromatic nitrogens is 1. The van der Waals surface area contributed by atoms with Crippen LogP contribution in [0, 0.1) is 5.92 Å². The van der Waals surface area contributed by atoms with Crippen molar-refractivity contribution in [3.63, 3.8) is 0 Å². The van der Waals surface area contributed by atoms with E-state index in [4.69, 9.17) is 10.2 Å². The lowest BCUT2D eigenvalue weighted by Crippen LogP contribution is -2.13. The van der Waals surface area contributed by atoms with Gasteiger partial charge < -0.3 is 10.2 Å². The van der Waals surface area contributed by atoms with Crippen LogP contribution in [0.15, 0.2) is 28.7 Å². The van der Waals surface area contributed by atoms with Crippen molar-refractivity contribution in [3.05, 3.63) is 30.2 Å². The molecule has 1 aromatic heterocycles. The highest BCUT2D eigenvalue weighted by molar-refractivity contribution is 5.72. The molecule has 0 aliphatic rings. The summed E-state index contributed by atoms with van der Waals surface area (Å²) in [6, 6.07) is 7.79. The van der Waals surface area contributed by atoms with Crippen LogP contribution in [0.1, 0.15) is 12.8 Å².